The SMILES string of the molecule is CCOC(=O)C1(C(=O)N2CCc3ncnc(-c4ccncc4)c3CC2)CC1. The molecule has 2 aromatic heterocycles. The van der Waals surface area contributed by atoms with Crippen molar-refractivity contribution in [3.8, 4) is 11.3 Å². The summed E-state index contributed by atoms with van der Waals surface area (Å²) in [5.74, 6) is -0.485. The minimum absolute atomic E-state index is 0.104. The molecule has 0 radical (unpaired) electrons. The monoisotopic (exact) mass is 366 g/mol. The predicted molar refractivity (Wildman–Crippen MR) is 97.6 cm³/mol. The highest BCUT2D eigenvalue weighted by Gasteiger charge is 2.59. The molecule has 0 bridgehead atoms. The summed E-state index contributed by atoms with van der Waals surface area (Å²) in [6.07, 6.45) is 7.54. The molecule has 1 amide bonds. The number of pyridine rings is 1. The van der Waals surface area contributed by atoms with Crippen LogP contribution in [0.25, 0.3) is 11.3 Å². The van der Waals surface area contributed by atoms with Crippen LogP contribution in [-0.2, 0) is 27.2 Å². The van der Waals surface area contributed by atoms with Gasteiger partial charge in [0.2, 0.25) is 5.91 Å². The van der Waals surface area contributed by atoms with E-state index < -0.39 is 5.41 Å². The van der Waals surface area contributed by atoms with Crippen LogP contribution >= 0.6 is 0 Å². The quantitative estimate of drug-likeness (QED) is 0.606. The zero-order chi connectivity index (χ0) is 18.9. The van der Waals surface area contributed by atoms with Gasteiger partial charge in [-0.25, -0.2) is 9.97 Å². The molecule has 0 unspecified atom stereocenters. The van der Waals surface area contributed by atoms with E-state index in [1.54, 1.807) is 30.5 Å². The van der Waals surface area contributed by atoms with E-state index in [0.29, 0.717) is 45.4 Å². The molecular weight excluding hydrogens is 344 g/mol. The molecule has 1 saturated carbocycles. The van der Waals surface area contributed by atoms with Crippen LogP contribution in [0.2, 0.25) is 0 Å². The van der Waals surface area contributed by atoms with Gasteiger partial charge in [-0.1, -0.05) is 0 Å². The lowest BCUT2D eigenvalue weighted by Gasteiger charge is -2.24. The first kappa shape index (κ1) is 17.6. The van der Waals surface area contributed by atoms with Gasteiger partial charge in [-0.2, -0.15) is 0 Å². The van der Waals surface area contributed by atoms with E-state index in [-0.39, 0.29) is 11.9 Å². The van der Waals surface area contributed by atoms with Crippen molar-refractivity contribution in [1.29, 1.82) is 0 Å². The van der Waals surface area contributed by atoms with E-state index in [1.807, 2.05) is 12.1 Å². The van der Waals surface area contributed by atoms with Crippen LogP contribution in [0.3, 0.4) is 0 Å². The Bertz CT molecular complexity index is 865. The van der Waals surface area contributed by atoms with Gasteiger partial charge in [0, 0.05) is 48.7 Å². The molecule has 1 fully saturated rings. The van der Waals surface area contributed by atoms with E-state index in [0.717, 1.165) is 22.5 Å². The maximum atomic E-state index is 13.0. The Morgan fingerprint density at radius 1 is 1.15 bits per heavy atom. The maximum absolute atomic E-state index is 13.0. The summed E-state index contributed by atoms with van der Waals surface area (Å²) in [4.78, 5) is 40.1. The van der Waals surface area contributed by atoms with Gasteiger partial charge in [0.1, 0.15) is 11.7 Å². The topological polar surface area (TPSA) is 85.3 Å². The molecular formula is C20H22N4O3. The number of esters is 1. The third-order valence-electron chi connectivity index (χ3n) is 5.35. The van der Waals surface area contributed by atoms with E-state index in [4.69, 9.17) is 4.74 Å². The first-order chi connectivity index (χ1) is 13.2. The van der Waals surface area contributed by atoms with Crippen molar-refractivity contribution >= 4 is 11.9 Å². The van der Waals surface area contributed by atoms with Crippen LogP contribution in [0, 0.1) is 5.41 Å². The van der Waals surface area contributed by atoms with Crippen molar-refractivity contribution in [3.05, 3.63) is 42.1 Å². The molecule has 7 nitrogen and oxygen atoms in total. The van der Waals surface area contributed by atoms with Crippen molar-refractivity contribution in [2.45, 2.75) is 32.6 Å². The third-order valence-corrected chi connectivity index (χ3v) is 5.35. The Labute approximate surface area is 157 Å². The third kappa shape index (κ3) is 3.18. The second-order valence-electron chi connectivity index (χ2n) is 6.98. The minimum Gasteiger partial charge on any atom is -0.465 e. The maximum Gasteiger partial charge on any atom is 0.321 e. The molecule has 0 atom stereocenters. The Hall–Kier alpha value is -2.83. The van der Waals surface area contributed by atoms with E-state index in [1.165, 1.54) is 0 Å². The molecule has 7 heteroatoms. The average molecular weight is 366 g/mol. The van der Waals surface area contributed by atoms with E-state index in [2.05, 4.69) is 15.0 Å². The number of aromatic nitrogens is 3. The number of carbonyl (C=O) groups excluding carboxylic acids is 2. The molecule has 0 aromatic carbocycles. The zero-order valence-corrected chi connectivity index (χ0v) is 15.4. The summed E-state index contributed by atoms with van der Waals surface area (Å²) < 4.78 is 5.14. The van der Waals surface area contributed by atoms with Gasteiger partial charge in [0.25, 0.3) is 0 Å². The summed E-state index contributed by atoms with van der Waals surface area (Å²) in [5.41, 5.74) is 2.97. The first-order valence-electron chi connectivity index (χ1n) is 9.35. The lowest BCUT2D eigenvalue weighted by molar-refractivity contribution is -0.157. The van der Waals surface area contributed by atoms with Crippen LogP contribution in [0.5, 0.6) is 0 Å². The van der Waals surface area contributed by atoms with Crippen LogP contribution in [-0.4, -0.2) is 51.4 Å². The van der Waals surface area contributed by atoms with Crippen molar-refractivity contribution in [2.75, 3.05) is 19.7 Å². The number of hydrogen-bond acceptors (Lipinski definition) is 6. The highest BCUT2D eigenvalue weighted by Crippen LogP contribution is 2.48. The summed E-state index contributed by atoms with van der Waals surface area (Å²) in [6.45, 7) is 3.17. The van der Waals surface area contributed by atoms with Gasteiger partial charge in [-0.05, 0) is 38.3 Å². The lowest BCUT2D eigenvalue weighted by Crippen LogP contribution is -2.42. The summed E-state index contributed by atoms with van der Waals surface area (Å²) in [5, 5.41) is 0. The number of rotatable bonds is 4. The van der Waals surface area contributed by atoms with Gasteiger partial charge in [-0.3, -0.25) is 14.6 Å². The molecule has 0 saturated heterocycles. The van der Waals surface area contributed by atoms with Crippen molar-refractivity contribution in [3.63, 3.8) is 0 Å². The van der Waals surface area contributed by atoms with Crippen LogP contribution in [0.1, 0.15) is 31.0 Å². The van der Waals surface area contributed by atoms with Crippen molar-refractivity contribution < 1.29 is 14.3 Å². The molecule has 0 spiro atoms. The van der Waals surface area contributed by atoms with Gasteiger partial charge in [0.05, 0.1) is 12.3 Å². The summed E-state index contributed by atoms with van der Waals surface area (Å²) >= 11 is 0. The predicted octanol–water partition coefficient (Wildman–Crippen LogP) is 1.81. The standard InChI is InChI=1S/C20H22N4O3/c1-2-27-19(26)20(7-8-20)18(25)24-11-5-15-16(6-12-24)22-13-23-17(15)14-3-9-21-10-4-14/h3-4,9-10,13H,2,5-8,11-12H2,1H3. The van der Waals surface area contributed by atoms with Gasteiger partial charge < -0.3 is 9.64 Å². The molecule has 0 N–H and O–H groups in total. The van der Waals surface area contributed by atoms with Crippen molar-refractivity contribution in [1.82, 2.24) is 19.9 Å². The molecule has 3 heterocycles. The second-order valence-corrected chi connectivity index (χ2v) is 6.98. The van der Waals surface area contributed by atoms with Crippen LogP contribution < -0.4 is 0 Å². The normalized spacial score (nSPS) is 17.6. The fourth-order valence-electron chi connectivity index (χ4n) is 3.69. The zero-order valence-electron chi connectivity index (χ0n) is 15.4. The number of carbonyl (C=O) groups is 2. The highest BCUT2D eigenvalue weighted by atomic mass is 16.5. The summed E-state index contributed by atoms with van der Waals surface area (Å²) in [7, 11) is 0. The van der Waals surface area contributed by atoms with Gasteiger partial charge in [0.15, 0.2) is 0 Å². The number of ether oxygens (including phenoxy) is 1. The lowest BCUT2D eigenvalue weighted by atomic mass is 10.0. The fourth-order valence-corrected chi connectivity index (χ4v) is 3.69. The molecule has 1 aliphatic heterocycles. The number of amides is 1. The smallest absolute Gasteiger partial charge is 0.321 e. The molecule has 1 aliphatic carbocycles. The van der Waals surface area contributed by atoms with Gasteiger partial charge in [-0.15, -0.1) is 0 Å². The molecule has 2 aromatic rings. The van der Waals surface area contributed by atoms with Gasteiger partial charge >= 0.3 is 5.97 Å². The Balaban J connectivity index is 1.56. The minimum atomic E-state index is -0.952. The molecule has 2 aliphatic rings. The fraction of sp³-hybridized carbons (Fsp3) is 0.450. The Morgan fingerprint density at radius 2 is 1.89 bits per heavy atom. The molecule has 27 heavy (non-hydrogen) atoms. The average Bonchev–Trinajstić information content (AvgIpc) is 3.52. The first-order valence-corrected chi connectivity index (χ1v) is 9.35. The molecule has 140 valence electrons. The largest absolute Gasteiger partial charge is 0.465 e. The van der Waals surface area contributed by atoms with E-state index >= 15 is 0 Å². The Kier molecular flexibility index (Phi) is 4.59. The molecule has 4 rings (SSSR count). The van der Waals surface area contributed by atoms with Crippen molar-refractivity contribution in [2.24, 2.45) is 5.41 Å². The number of hydrogen-bond donors (Lipinski definition) is 0. The van der Waals surface area contributed by atoms with E-state index in [9.17, 15) is 9.59 Å². The number of nitrogens with zero attached hydrogens (tertiary/aromatic N) is 4. The Morgan fingerprint density at radius 3 is 2.59 bits per heavy atom. The summed E-state index contributed by atoms with van der Waals surface area (Å²) in [6, 6.07) is 3.85. The highest BCUT2D eigenvalue weighted by molar-refractivity contribution is 6.05. The van der Waals surface area contributed by atoms with Crippen LogP contribution in [0.4, 0.5) is 0 Å². The second kappa shape index (κ2) is 7.06. The van der Waals surface area contributed by atoms with Crippen LogP contribution in [0.15, 0.2) is 30.9 Å². The number of fused-ring (bicyclic) bond motifs is 1.